The van der Waals surface area contributed by atoms with Gasteiger partial charge in [-0.05, 0) is 6.08 Å². The highest BCUT2D eigenvalue weighted by atomic mass is 16.9. The summed E-state index contributed by atoms with van der Waals surface area (Å²) in [5.41, 5.74) is 0.463. The number of carbonyl (C=O) groups is 1. The van der Waals surface area contributed by atoms with Gasteiger partial charge in [0, 0.05) is 25.9 Å². The topological polar surface area (TPSA) is 44.8 Å². The van der Waals surface area contributed by atoms with E-state index in [0.717, 1.165) is 0 Å². The van der Waals surface area contributed by atoms with Crippen molar-refractivity contribution >= 4 is 6.29 Å². The number of ether oxygens (including phenoxy) is 3. The Hall–Kier alpha value is -1.13. The Kier molecular flexibility index (Phi) is 2.62. The minimum atomic E-state index is -1.25. The molecule has 0 amide bonds. The molecule has 12 heavy (non-hydrogen) atoms. The van der Waals surface area contributed by atoms with Gasteiger partial charge < -0.3 is 14.2 Å². The van der Waals surface area contributed by atoms with Crippen LogP contribution in [0.15, 0.2) is 24.0 Å². The molecule has 0 saturated carbocycles. The van der Waals surface area contributed by atoms with E-state index in [1.807, 2.05) is 0 Å². The molecule has 0 spiro atoms. The molecule has 4 nitrogen and oxygen atoms in total. The molecular weight excluding hydrogens is 160 g/mol. The van der Waals surface area contributed by atoms with E-state index in [4.69, 9.17) is 14.2 Å². The van der Waals surface area contributed by atoms with Gasteiger partial charge in [0.1, 0.15) is 6.29 Å². The van der Waals surface area contributed by atoms with Gasteiger partial charge in [-0.15, -0.1) is 0 Å². The summed E-state index contributed by atoms with van der Waals surface area (Å²) in [5, 5.41) is 0. The normalized spacial score (nSPS) is 19.7. The Bertz CT molecular complexity index is 225. The van der Waals surface area contributed by atoms with Crippen LogP contribution in [-0.2, 0) is 19.0 Å². The fourth-order valence-electron chi connectivity index (χ4n) is 0.864. The van der Waals surface area contributed by atoms with Crippen LogP contribution in [0.5, 0.6) is 0 Å². The Labute approximate surface area is 70.4 Å². The first kappa shape index (κ1) is 8.96. The molecule has 0 saturated heterocycles. The van der Waals surface area contributed by atoms with E-state index < -0.39 is 5.97 Å². The first-order valence-corrected chi connectivity index (χ1v) is 3.39. The van der Waals surface area contributed by atoms with Crippen molar-refractivity contribution < 1.29 is 19.0 Å². The average molecular weight is 170 g/mol. The summed E-state index contributed by atoms with van der Waals surface area (Å²) in [6.07, 6.45) is 5.05. The smallest absolute Gasteiger partial charge is 0.348 e. The molecule has 1 aliphatic heterocycles. The van der Waals surface area contributed by atoms with Crippen LogP contribution in [0, 0.1) is 0 Å². The van der Waals surface area contributed by atoms with E-state index in [1.165, 1.54) is 32.6 Å². The van der Waals surface area contributed by atoms with Crippen molar-refractivity contribution in [1.29, 1.82) is 0 Å². The van der Waals surface area contributed by atoms with Crippen LogP contribution in [-0.4, -0.2) is 26.5 Å². The summed E-state index contributed by atoms with van der Waals surface area (Å²) in [6.45, 7) is 0. The summed E-state index contributed by atoms with van der Waals surface area (Å²) in [4.78, 5) is 10.4. The van der Waals surface area contributed by atoms with Gasteiger partial charge in [-0.25, -0.2) is 0 Å². The maximum absolute atomic E-state index is 10.4. The molecule has 0 aromatic rings. The molecule has 0 bridgehead atoms. The van der Waals surface area contributed by atoms with Crippen molar-refractivity contribution in [3.05, 3.63) is 24.0 Å². The number of aldehydes is 1. The summed E-state index contributed by atoms with van der Waals surface area (Å²) < 4.78 is 14.9. The second-order valence-corrected chi connectivity index (χ2v) is 2.19. The van der Waals surface area contributed by atoms with Crippen LogP contribution in [0.4, 0.5) is 0 Å². The predicted octanol–water partition coefficient (Wildman–Crippen LogP) is 0.602. The summed E-state index contributed by atoms with van der Waals surface area (Å²) >= 11 is 0. The predicted molar refractivity (Wildman–Crippen MR) is 41.1 cm³/mol. The molecule has 0 aromatic heterocycles. The van der Waals surface area contributed by atoms with Gasteiger partial charge in [0.25, 0.3) is 0 Å². The third-order valence-electron chi connectivity index (χ3n) is 1.54. The number of allylic oxidation sites excluding steroid dienone is 2. The number of hydrogen-bond acceptors (Lipinski definition) is 4. The van der Waals surface area contributed by atoms with Gasteiger partial charge >= 0.3 is 5.97 Å². The summed E-state index contributed by atoms with van der Waals surface area (Å²) in [6, 6.07) is 0. The van der Waals surface area contributed by atoms with Crippen LogP contribution in [0.2, 0.25) is 0 Å². The second-order valence-electron chi connectivity index (χ2n) is 2.19. The lowest BCUT2D eigenvalue weighted by atomic mass is 10.2. The van der Waals surface area contributed by atoms with Crippen molar-refractivity contribution in [2.45, 2.75) is 5.97 Å². The van der Waals surface area contributed by atoms with Gasteiger partial charge in [0.15, 0.2) is 0 Å². The first-order chi connectivity index (χ1) is 5.76. The molecule has 0 fully saturated rings. The zero-order valence-corrected chi connectivity index (χ0v) is 6.94. The minimum Gasteiger partial charge on any atom is -0.444 e. The average Bonchev–Trinajstić information content (AvgIpc) is 2.18. The van der Waals surface area contributed by atoms with E-state index in [9.17, 15) is 4.79 Å². The summed E-state index contributed by atoms with van der Waals surface area (Å²) in [7, 11) is 2.86. The van der Waals surface area contributed by atoms with Crippen LogP contribution in [0.1, 0.15) is 0 Å². The Morgan fingerprint density at radius 2 is 2.17 bits per heavy atom. The van der Waals surface area contributed by atoms with Crippen molar-refractivity contribution in [3.63, 3.8) is 0 Å². The fraction of sp³-hybridized carbons (Fsp3) is 0.375. The SMILES string of the molecule is COC1(OC)C=C(C=O)C=CO1. The highest BCUT2D eigenvalue weighted by Crippen LogP contribution is 2.21. The monoisotopic (exact) mass is 170 g/mol. The van der Waals surface area contributed by atoms with E-state index >= 15 is 0 Å². The van der Waals surface area contributed by atoms with Crippen LogP contribution in [0.3, 0.4) is 0 Å². The van der Waals surface area contributed by atoms with Gasteiger partial charge in [-0.1, -0.05) is 0 Å². The van der Waals surface area contributed by atoms with Crippen LogP contribution < -0.4 is 0 Å². The lowest BCUT2D eigenvalue weighted by molar-refractivity contribution is -0.308. The molecule has 0 radical (unpaired) electrons. The molecule has 0 unspecified atom stereocenters. The third-order valence-corrected chi connectivity index (χ3v) is 1.54. The lowest BCUT2D eigenvalue weighted by Gasteiger charge is -2.28. The zero-order chi connectivity index (χ0) is 9.03. The molecule has 4 heteroatoms. The van der Waals surface area contributed by atoms with Crippen molar-refractivity contribution in [3.8, 4) is 0 Å². The first-order valence-electron chi connectivity index (χ1n) is 3.39. The zero-order valence-electron chi connectivity index (χ0n) is 6.94. The van der Waals surface area contributed by atoms with Crippen molar-refractivity contribution in [1.82, 2.24) is 0 Å². The lowest BCUT2D eigenvalue weighted by Crippen LogP contribution is -2.34. The van der Waals surface area contributed by atoms with Gasteiger partial charge in [0.05, 0.1) is 6.26 Å². The van der Waals surface area contributed by atoms with Gasteiger partial charge in [-0.3, -0.25) is 4.79 Å². The quantitative estimate of drug-likeness (QED) is 0.459. The van der Waals surface area contributed by atoms with E-state index in [1.54, 1.807) is 0 Å². The molecule has 0 aromatic carbocycles. The molecule has 0 atom stereocenters. The molecule has 66 valence electrons. The number of carbonyl (C=O) groups excluding carboxylic acids is 1. The molecule has 0 aliphatic carbocycles. The number of methoxy groups -OCH3 is 2. The second kappa shape index (κ2) is 3.51. The van der Waals surface area contributed by atoms with Crippen molar-refractivity contribution in [2.24, 2.45) is 0 Å². The fourth-order valence-corrected chi connectivity index (χ4v) is 0.864. The van der Waals surface area contributed by atoms with Crippen molar-refractivity contribution in [2.75, 3.05) is 14.2 Å². The number of rotatable bonds is 3. The highest BCUT2D eigenvalue weighted by Gasteiger charge is 2.30. The Balaban J connectivity index is 2.87. The number of hydrogen-bond donors (Lipinski definition) is 0. The molecule has 1 heterocycles. The van der Waals surface area contributed by atoms with Gasteiger partial charge in [-0.2, -0.15) is 0 Å². The van der Waals surface area contributed by atoms with Crippen LogP contribution >= 0.6 is 0 Å². The standard InChI is InChI=1S/C8H10O4/c1-10-8(11-2)5-7(6-9)3-4-12-8/h3-6H,1-2H3. The van der Waals surface area contributed by atoms with Crippen LogP contribution in [0.25, 0.3) is 0 Å². The maximum Gasteiger partial charge on any atom is 0.348 e. The minimum absolute atomic E-state index is 0.463. The van der Waals surface area contributed by atoms with E-state index in [0.29, 0.717) is 11.9 Å². The molecule has 0 N–H and O–H groups in total. The van der Waals surface area contributed by atoms with Gasteiger partial charge in [0.2, 0.25) is 0 Å². The largest absolute Gasteiger partial charge is 0.444 e. The Morgan fingerprint density at radius 3 is 2.67 bits per heavy atom. The highest BCUT2D eigenvalue weighted by molar-refractivity contribution is 5.77. The maximum atomic E-state index is 10.4. The van der Waals surface area contributed by atoms with E-state index in [-0.39, 0.29) is 0 Å². The molecular formula is C8H10O4. The third kappa shape index (κ3) is 1.54. The Morgan fingerprint density at radius 1 is 1.50 bits per heavy atom. The van der Waals surface area contributed by atoms with E-state index in [2.05, 4.69) is 0 Å². The molecule has 1 rings (SSSR count). The summed E-state index contributed by atoms with van der Waals surface area (Å²) in [5.74, 6) is -1.25. The molecule has 1 aliphatic rings.